The summed E-state index contributed by atoms with van der Waals surface area (Å²) in [7, 11) is -3.45. The molecule has 0 spiro atoms. The van der Waals surface area contributed by atoms with E-state index < -0.39 is 10.0 Å². The van der Waals surface area contributed by atoms with Gasteiger partial charge in [0.05, 0.1) is 4.90 Å². The Hall–Kier alpha value is -0.720. The number of benzene rings is 1. The van der Waals surface area contributed by atoms with Crippen molar-refractivity contribution in [3.05, 3.63) is 23.3 Å². The number of aryl methyl sites for hydroxylation is 1. The molecule has 0 amide bonds. The number of hydrogen-bond acceptors (Lipinski definition) is 4. The zero-order valence-corrected chi connectivity index (χ0v) is 13.1. The molecule has 0 radical (unpaired) electrons. The lowest BCUT2D eigenvalue weighted by atomic mass is 10.1. The number of nitrogens with two attached hydrogens (primary N) is 1. The Morgan fingerprint density at radius 1 is 1.37 bits per heavy atom. The van der Waals surface area contributed by atoms with Crippen molar-refractivity contribution in [2.75, 3.05) is 23.8 Å². The van der Waals surface area contributed by atoms with E-state index >= 15 is 0 Å². The summed E-state index contributed by atoms with van der Waals surface area (Å²) in [6, 6.07) is 3.42. The average Bonchev–Trinajstić information content (AvgIpc) is 2.34. The molecule has 1 aromatic carbocycles. The van der Waals surface area contributed by atoms with Crippen LogP contribution in [0.4, 0.5) is 5.69 Å². The first-order valence-corrected chi connectivity index (χ1v) is 8.90. The summed E-state index contributed by atoms with van der Waals surface area (Å²) in [5.41, 5.74) is 8.01. The molecule has 19 heavy (non-hydrogen) atoms. The molecule has 106 valence electrons. The molecule has 0 saturated carbocycles. The lowest BCUT2D eigenvalue weighted by Crippen LogP contribution is -2.44. The molecule has 1 heterocycles. The van der Waals surface area contributed by atoms with Crippen molar-refractivity contribution in [3.8, 4) is 0 Å². The quantitative estimate of drug-likeness (QED) is 0.849. The Balaban J connectivity index is 2.50. The minimum Gasteiger partial charge on any atom is -0.399 e. The van der Waals surface area contributed by atoms with Crippen LogP contribution in [0, 0.1) is 13.8 Å². The molecule has 0 bridgehead atoms. The van der Waals surface area contributed by atoms with Crippen molar-refractivity contribution in [1.29, 1.82) is 0 Å². The van der Waals surface area contributed by atoms with E-state index in [2.05, 4.69) is 0 Å². The van der Waals surface area contributed by atoms with Crippen LogP contribution in [0.1, 0.15) is 18.1 Å². The number of nitrogens with zero attached hydrogens (tertiary/aromatic N) is 1. The fourth-order valence-electron chi connectivity index (χ4n) is 2.32. The monoisotopic (exact) mass is 300 g/mol. The topological polar surface area (TPSA) is 63.4 Å². The van der Waals surface area contributed by atoms with Gasteiger partial charge in [0, 0.05) is 29.8 Å². The molecule has 2 rings (SSSR count). The molecule has 4 nitrogen and oxygen atoms in total. The van der Waals surface area contributed by atoms with Gasteiger partial charge in [-0.1, -0.05) is 0 Å². The first-order chi connectivity index (χ1) is 8.84. The number of hydrogen-bond donors (Lipinski definition) is 1. The molecular weight excluding hydrogens is 280 g/mol. The van der Waals surface area contributed by atoms with Gasteiger partial charge in [0.15, 0.2) is 0 Å². The van der Waals surface area contributed by atoms with E-state index in [1.165, 1.54) is 0 Å². The van der Waals surface area contributed by atoms with E-state index in [0.29, 0.717) is 17.1 Å². The number of thioether (sulfide) groups is 1. The Kier molecular flexibility index (Phi) is 4.13. The average molecular weight is 300 g/mol. The minimum atomic E-state index is -3.45. The van der Waals surface area contributed by atoms with Gasteiger partial charge >= 0.3 is 0 Å². The second-order valence-corrected chi connectivity index (χ2v) is 8.01. The smallest absolute Gasteiger partial charge is 0.243 e. The molecule has 6 heteroatoms. The fourth-order valence-corrected chi connectivity index (χ4v) is 5.51. The molecule has 1 aliphatic rings. The van der Waals surface area contributed by atoms with Gasteiger partial charge in [-0.15, -0.1) is 0 Å². The highest BCUT2D eigenvalue weighted by atomic mass is 32.2. The van der Waals surface area contributed by atoms with E-state index in [9.17, 15) is 8.42 Å². The predicted octanol–water partition coefficient (Wildman–Crippen LogP) is 2.01. The van der Waals surface area contributed by atoms with Crippen molar-refractivity contribution in [3.63, 3.8) is 0 Å². The predicted molar refractivity (Wildman–Crippen MR) is 81.0 cm³/mol. The molecule has 0 aromatic heterocycles. The molecule has 1 atom stereocenters. The van der Waals surface area contributed by atoms with Crippen molar-refractivity contribution in [1.82, 2.24) is 4.31 Å². The SMILES string of the molecule is Cc1cc(N)cc(S(=O)(=O)N2CCSCC2C)c1C. The number of anilines is 1. The van der Waals surface area contributed by atoms with Gasteiger partial charge in [-0.2, -0.15) is 16.1 Å². The van der Waals surface area contributed by atoms with Gasteiger partial charge in [-0.25, -0.2) is 8.42 Å². The standard InChI is InChI=1S/C13H20N2O2S2/c1-9-6-12(14)7-13(11(9)3)19(16,17)15-4-5-18-8-10(15)2/h6-7,10H,4-5,8,14H2,1-3H3. The maximum Gasteiger partial charge on any atom is 0.243 e. The van der Waals surface area contributed by atoms with E-state index in [0.717, 1.165) is 22.6 Å². The third-order valence-corrected chi connectivity index (χ3v) is 6.86. The summed E-state index contributed by atoms with van der Waals surface area (Å²) in [5, 5.41) is 0. The summed E-state index contributed by atoms with van der Waals surface area (Å²) in [6.07, 6.45) is 0. The molecule has 1 aromatic rings. The summed E-state index contributed by atoms with van der Waals surface area (Å²) in [5.74, 6) is 1.70. The van der Waals surface area contributed by atoms with Crippen molar-refractivity contribution in [2.45, 2.75) is 31.7 Å². The van der Waals surface area contributed by atoms with Crippen LogP contribution in [-0.4, -0.2) is 36.8 Å². The number of rotatable bonds is 2. The van der Waals surface area contributed by atoms with Crippen LogP contribution in [0.2, 0.25) is 0 Å². The van der Waals surface area contributed by atoms with Gasteiger partial charge < -0.3 is 5.73 Å². The third kappa shape index (κ3) is 2.75. The summed E-state index contributed by atoms with van der Waals surface area (Å²) >= 11 is 1.80. The minimum absolute atomic E-state index is 0.0323. The van der Waals surface area contributed by atoms with Crippen LogP contribution in [0.15, 0.2) is 17.0 Å². The number of sulfonamides is 1. The lowest BCUT2D eigenvalue weighted by Gasteiger charge is -2.32. The zero-order chi connectivity index (χ0) is 14.2. The van der Waals surface area contributed by atoms with Gasteiger partial charge in [0.25, 0.3) is 0 Å². The highest BCUT2D eigenvalue weighted by Gasteiger charge is 2.32. The zero-order valence-electron chi connectivity index (χ0n) is 11.5. The number of nitrogen functional groups attached to an aromatic ring is 1. The van der Waals surface area contributed by atoms with E-state index in [-0.39, 0.29) is 6.04 Å². The van der Waals surface area contributed by atoms with Gasteiger partial charge in [0.1, 0.15) is 0 Å². The molecule has 1 unspecified atom stereocenters. The maximum absolute atomic E-state index is 12.8. The first kappa shape index (κ1) is 14.7. The molecular formula is C13H20N2O2S2. The van der Waals surface area contributed by atoms with Crippen molar-refractivity contribution >= 4 is 27.5 Å². The molecule has 1 fully saturated rings. The summed E-state index contributed by atoms with van der Waals surface area (Å²) in [6.45, 7) is 6.25. The largest absolute Gasteiger partial charge is 0.399 e. The van der Waals surface area contributed by atoms with Gasteiger partial charge in [-0.3, -0.25) is 0 Å². The Bertz CT molecular complexity index is 585. The van der Waals surface area contributed by atoms with Crippen LogP contribution in [-0.2, 0) is 10.0 Å². The summed E-state index contributed by atoms with van der Waals surface area (Å²) in [4.78, 5) is 0.351. The second-order valence-electron chi connectivity index (χ2n) is 5.00. The van der Waals surface area contributed by atoms with Crippen molar-refractivity contribution in [2.24, 2.45) is 0 Å². The lowest BCUT2D eigenvalue weighted by molar-refractivity contribution is 0.367. The Labute approximate surface area is 119 Å². The molecule has 1 saturated heterocycles. The van der Waals surface area contributed by atoms with Crippen LogP contribution in [0.25, 0.3) is 0 Å². The normalized spacial score (nSPS) is 21.5. The maximum atomic E-state index is 12.8. The fraction of sp³-hybridized carbons (Fsp3) is 0.538. The van der Waals surface area contributed by atoms with E-state index in [4.69, 9.17) is 5.73 Å². The van der Waals surface area contributed by atoms with Gasteiger partial charge in [-0.05, 0) is 44.0 Å². The first-order valence-electron chi connectivity index (χ1n) is 6.30. The Morgan fingerprint density at radius 3 is 2.68 bits per heavy atom. The third-order valence-electron chi connectivity index (χ3n) is 3.54. The highest BCUT2D eigenvalue weighted by molar-refractivity contribution is 7.99. The Morgan fingerprint density at radius 2 is 2.05 bits per heavy atom. The molecule has 2 N–H and O–H groups in total. The van der Waals surface area contributed by atoms with E-state index in [1.54, 1.807) is 22.1 Å². The molecule has 1 aliphatic heterocycles. The van der Waals surface area contributed by atoms with Crippen LogP contribution in [0.3, 0.4) is 0 Å². The van der Waals surface area contributed by atoms with Crippen LogP contribution in [0.5, 0.6) is 0 Å². The molecule has 0 aliphatic carbocycles. The van der Waals surface area contributed by atoms with Gasteiger partial charge in [0.2, 0.25) is 10.0 Å². The highest BCUT2D eigenvalue weighted by Crippen LogP contribution is 2.29. The van der Waals surface area contributed by atoms with Crippen LogP contribution >= 0.6 is 11.8 Å². The second kappa shape index (κ2) is 5.34. The summed E-state index contributed by atoms with van der Waals surface area (Å²) < 4.78 is 27.2. The van der Waals surface area contributed by atoms with Crippen LogP contribution < -0.4 is 5.73 Å². The van der Waals surface area contributed by atoms with E-state index in [1.807, 2.05) is 26.8 Å². The van der Waals surface area contributed by atoms with Crippen molar-refractivity contribution < 1.29 is 8.42 Å².